The van der Waals surface area contributed by atoms with Crippen molar-refractivity contribution in [3.8, 4) is 5.75 Å². The topological polar surface area (TPSA) is 73.9 Å². The molecule has 1 heterocycles. The van der Waals surface area contributed by atoms with Crippen LogP contribution in [0.4, 0.5) is 0 Å². The number of methoxy groups -OCH3 is 1. The van der Waals surface area contributed by atoms with Gasteiger partial charge in [0.15, 0.2) is 6.29 Å². The second-order valence-corrected chi connectivity index (χ2v) is 9.29. The predicted octanol–water partition coefficient (Wildman–Crippen LogP) is 5.23. The summed E-state index contributed by atoms with van der Waals surface area (Å²) in [5.74, 6) is 1.77. The van der Waals surface area contributed by atoms with Gasteiger partial charge in [0.2, 0.25) is 0 Å². The standard InChI is InChI=1S/C27H31NO4S/c1-18-24(17-33-25-6-4-3-5-23(25)30-2)31-27(22-13-7-19(15-28)8-14-22)32-26(18)21-11-9-20(16-29)10-12-21/h3-14,18,24,26-27,29H,15-17,28H2,1-2H3/t18-,24+,26+,27+/m0/s1. The van der Waals surface area contributed by atoms with Crippen LogP contribution in [-0.4, -0.2) is 24.1 Å². The molecule has 3 N–H and O–H groups in total. The Kier molecular flexibility index (Phi) is 8.06. The van der Waals surface area contributed by atoms with Gasteiger partial charge < -0.3 is 25.1 Å². The van der Waals surface area contributed by atoms with Crippen LogP contribution in [0.15, 0.2) is 77.7 Å². The van der Waals surface area contributed by atoms with E-state index < -0.39 is 6.29 Å². The van der Waals surface area contributed by atoms with Crippen LogP contribution in [0.5, 0.6) is 5.75 Å². The van der Waals surface area contributed by atoms with Crippen LogP contribution >= 0.6 is 11.8 Å². The van der Waals surface area contributed by atoms with Gasteiger partial charge in [0.25, 0.3) is 0 Å². The summed E-state index contributed by atoms with van der Waals surface area (Å²) in [4.78, 5) is 1.09. The van der Waals surface area contributed by atoms with Crippen molar-refractivity contribution >= 4 is 11.8 Å². The van der Waals surface area contributed by atoms with Crippen molar-refractivity contribution in [2.45, 2.75) is 43.5 Å². The number of para-hydroxylation sites is 1. The first-order chi connectivity index (χ1) is 16.1. The molecule has 1 aliphatic rings. The number of nitrogens with two attached hydrogens (primary N) is 1. The quantitative estimate of drug-likeness (QED) is 0.444. The van der Waals surface area contributed by atoms with Crippen molar-refractivity contribution in [1.29, 1.82) is 0 Å². The first-order valence-corrected chi connectivity index (χ1v) is 12.2. The van der Waals surface area contributed by atoms with E-state index in [4.69, 9.17) is 19.9 Å². The summed E-state index contributed by atoms with van der Waals surface area (Å²) in [6.45, 7) is 2.70. The monoisotopic (exact) mass is 465 g/mol. The van der Waals surface area contributed by atoms with E-state index >= 15 is 0 Å². The molecule has 33 heavy (non-hydrogen) atoms. The van der Waals surface area contributed by atoms with Gasteiger partial charge in [-0.1, -0.05) is 67.6 Å². The third kappa shape index (κ3) is 5.60. The maximum atomic E-state index is 9.41. The smallest absolute Gasteiger partial charge is 0.184 e. The highest BCUT2D eigenvalue weighted by atomic mass is 32.2. The van der Waals surface area contributed by atoms with E-state index in [9.17, 15) is 5.11 Å². The van der Waals surface area contributed by atoms with E-state index in [2.05, 4.69) is 13.0 Å². The number of benzene rings is 3. The highest BCUT2D eigenvalue weighted by molar-refractivity contribution is 7.99. The lowest BCUT2D eigenvalue weighted by Crippen LogP contribution is -2.38. The van der Waals surface area contributed by atoms with Crippen LogP contribution in [0.2, 0.25) is 0 Å². The molecule has 0 aromatic heterocycles. The van der Waals surface area contributed by atoms with Crippen LogP contribution in [-0.2, 0) is 22.6 Å². The average Bonchev–Trinajstić information content (AvgIpc) is 2.88. The highest BCUT2D eigenvalue weighted by Gasteiger charge is 2.38. The van der Waals surface area contributed by atoms with E-state index in [0.717, 1.165) is 38.7 Å². The summed E-state index contributed by atoms with van der Waals surface area (Å²) >= 11 is 1.73. The Hall–Kier alpha value is -2.35. The Morgan fingerprint density at radius 2 is 1.58 bits per heavy atom. The van der Waals surface area contributed by atoms with Gasteiger partial charge in [0, 0.05) is 28.7 Å². The lowest BCUT2D eigenvalue weighted by Gasteiger charge is -2.41. The van der Waals surface area contributed by atoms with Crippen LogP contribution in [0.25, 0.3) is 0 Å². The fraction of sp³-hybridized carbons (Fsp3) is 0.333. The Morgan fingerprint density at radius 3 is 2.24 bits per heavy atom. The van der Waals surface area contributed by atoms with Gasteiger partial charge in [-0.05, 0) is 28.8 Å². The van der Waals surface area contributed by atoms with E-state index in [0.29, 0.717) is 6.54 Å². The molecule has 1 saturated heterocycles. The summed E-state index contributed by atoms with van der Waals surface area (Å²) in [5.41, 5.74) is 9.78. The second-order valence-electron chi connectivity index (χ2n) is 8.23. The van der Waals surface area contributed by atoms with Crippen molar-refractivity contribution in [2.75, 3.05) is 12.9 Å². The molecule has 0 saturated carbocycles. The number of rotatable bonds is 8. The Labute approximate surface area is 199 Å². The van der Waals surface area contributed by atoms with Crippen molar-refractivity contribution in [3.05, 3.63) is 95.1 Å². The molecule has 0 aliphatic carbocycles. The summed E-state index contributed by atoms with van der Waals surface area (Å²) in [7, 11) is 1.69. The van der Waals surface area contributed by atoms with Gasteiger partial charge in [-0.2, -0.15) is 0 Å². The van der Waals surface area contributed by atoms with Crippen LogP contribution in [0.3, 0.4) is 0 Å². The molecule has 0 amide bonds. The first kappa shape index (κ1) is 23.8. The molecule has 174 valence electrons. The molecule has 0 unspecified atom stereocenters. The van der Waals surface area contributed by atoms with E-state index in [1.165, 1.54) is 0 Å². The molecule has 6 heteroatoms. The van der Waals surface area contributed by atoms with Gasteiger partial charge in [-0.15, -0.1) is 11.8 Å². The van der Waals surface area contributed by atoms with Gasteiger partial charge in [0.05, 0.1) is 25.9 Å². The van der Waals surface area contributed by atoms with Crippen molar-refractivity contribution < 1.29 is 19.3 Å². The predicted molar refractivity (Wildman–Crippen MR) is 131 cm³/mol. The third-order valence-corrected chi connectivity index (χ3v) is 7.23. The Balaban J connectivity index is 1.59. The number of ether oxygens (including phenoxy) is 3. The van der Waals surface area contributed by atoms with Gasteiger partial charge >= 0.3 is 0 Å². The minimum atomic E-state index is -0.473. The maximum absolute atomic E-state index is 9.41. The minimum absolute atomic E-state index is 0.0265. The molecule has 1 fully saturated rings. The molecule has 5 nitrogen and oxygen atoms in total. The fourth-order valence-electron chi connectivity index (χ4n) is 4.03. The SMILES string of the molecule is COc1ccccc1SC[C@H]1O[C@@H](c2ccc(CN)cc2)O[C@@H](c2ccc(CO)cc2)[C@H]1C. The van der Waals surface area contributed by atoms with Crippen molar-refractivity contribution in [3.63, 3.8) is 0 Å². The third-order valence-electron chi connectivity index (χ3n) is 6.08. The molecule has 3 aromatic rings. The second kappa shape index (κ2) is 11.2. The van der Waals surface area contributed by atoms with Crippen molar-refractivity contribution in [1.82, 2.24) is 0 Å². The number of aliphatic hydroxyl groups excluding tert-OH is 1. The van der Waals surface area contributed by atoms with E-state index in [1.54, 1.807) is 18.9 Å². The fourth-order valence-corrected chi connectivity index (χ4v) is 5.23. The lowest BCUT2D eigenvalue weighted by atomic mass is 9.91. The van der Waals surface area contributed by atoms with Crippen molar-refractivity contribution in [2.24, 2.45) is 11.7 Å². The first-order valence-electron chi connectivity index (χ1n) is 11.2. The minimum Gasteiger partial charge on any atom is -0.496 e. The summed E-state index contributed by atoms with van der Waals surface area (Å²) in [6.07, 6.45) is -0.636. The molecule has 4 atom stereocenters. The van der Waals surface area contributed by atoms with Crippen LogP contribution < -0.4 is 10.5 Å². The zero-order chi connectivity index (χ0) is 23.2. The average molecular weight is 466 g/mol. The molecule has 0 spiro atoms. The van der Waals surface area contributed by atoms with Crippen LogP contribution in [0, 0.1) is 5.92 Å². The number of hydrogen-bond acceptors (Lipinski definition) is 6. The Morgan fingerprint density at radius 1 is 0.909 bits per heavy atom. The lowest BCUT2D eigenvalue weighted by molar-refractivity contribution is -0.268. The summed E-state index contributed by atoms with van der Waals surface area (Å²) in [6, 6.07) is 24.1. The maximum Gasteiger partial charge on any atom is 0.184 e. The number of aliphatic hydroxyl groups is 1. The van der Waals surface area contributed by atoms with E-state index in [-0.39, 0.29) is 24.7 Å². The van der Waals surface area contributed by atoms with Gasteiger partial charge in [-0.25, -0.2) is 0 Å². The molecular weight excluding hydrogens is 434 g/mol. The summed E-state index contributed by atoms with van der Waals surface area (Å²) < 4.78 is 18.5. The van der Waals surface area contributed by atoms with Gasteiger partial charge in [-0.3, -0.25) is 0 Å². The normalized spacial score (nSPS) is 22.8. The zero-order valence-corrected chi connectivity index (χ0v) is 19.8. The molecule has 0 bridgehead atoms. The Bertz CT molecular complexity index is 1030. The number of hydrogen-bond donors (Lipinski definition) is 2. The van der Waals surface area contributed by atoms with Gasteiger partial charge in [0.1, 0.15) is 5.75 Å². The highest BCUT2D eigenvalue weighted by Crippen LogP contribution is 2.43. The van der Waals surface area contributed by atoms with E-state index in [1.807, 2.05) is 66.7 Å². The molecule has 1 aliphatic heterocycles. The number of thioether (sulfide) groups is 1. The molecule has 4 rings (SSSR count). The zero-order valence-electron chi connectivity index (χ0n) is 19.0. The summed E-state index contributed by atoms with van der Waals surface area (Å²) in [5, 5.41) is 9.41. The van der Waals surface area contributed by atoms with Crippen LogP contribution in [0.1, 0.15) is 41.6 Å². The molecule has 3 aromatic carbocycles. The largest absolute Gasteiger partial charge is 0.496 e. The molecule has 0 radical (unpaired) electrons. The molecular formula is C27H31NO4S.